The van der Waals surface area contributed by atoms with Crippen LogP contribution in [0.25, 0.3) is 0 Å². The van der Waals surface area contributed by atoms with Gasteiger partial charge in [-0.1, -0.05) is 91.0 Å². The van der Waals surface area contributed by atoms with E-state index < -0.39 is 0 Å². The van der Waals surface area contributed by atoms with Crippen molar-refractivity contribution in [1.82, 2.24) is 0 Å². The Hall–Kier alpha value is -1.97. The van der Waals surface area contributed by atoms with Gasteiger partial charge in [-0.05, 0) is 29.5 Å². The van der Waals surface area contributed by atoms with E-state index in [0.29, 0.717) is 5.25 Å². The smallest absolute Gasteiger partial charge is 0.134 e. The van der Waals surface area contributed by atoms with E-state index in [1.807, 2.05) is 23.9 Å². The SMILES string of the molecule is O=CC(SCc1ccccc1)C(CCc1ccccc1)SCc1ccccc1. The lowest BCUT2D eigenvalue weighted by Crippen LogP contribution is -2.23. The number of aryl methyl sites for hydroxylation is 1. The molecule has 0 aliphatic rings. The molecule has 1 nitrogen and oxygen atoms in total. The van der Waals surface area contributed by atoms with Gasteiger partial charge in [-0.15, -0.1) is 11.8 Å². The molecule has 0 spiro atoms. The molecule has 2 unspecified atom stereocenters. The normalized spacial score (nSPS) is 13.0. The average molecular weight is 407 g/mol. The monoisotopic (exact) mass is 406 g/mol. The molecule has 0 bridgehead atoms. The molecule has 28 heavy (non-hydrogen) atoms. The number of aldehydes is 1. The highest BCUT2D eigenvalue weighted by Crippen LogP contribution is 2.31. The number of thioether (sulfide) groups is 2. The van der Waals surface area contributed by atoms with Gasteiger partial charge in [-0.2, -0.15) is 11.8 Å². The molecule has 0 fully saturated rings. The molecule has 2 atom stereocenters. The predicted molar refractivity (Wildman–Crippen MR) is 124 cm³/mol. The summed E-state index contributed by atoms with van der Waals surface area (Å²) in [5.41, 5.74) is 3.93. The van der Waals surface area contributed by atoms with Crippen LogP contribution in [0.5, 0.6) is 0 Å². The molecule has 0 aliphatic carbocycles. The highest BCUT2D eigenvalue weighted by Gasteiger charge is 2.22. The lowest BCUT2D eigenvalue weighted by Gasteiger charge is -2.22. The molecule has 0 amide bonds. The van der Waals surface area contributed by atoms with Gasteiger partial charge in [-0.25, -0.2) is 0 Å². The minimum atomic E-state index is -0.00219. The Labute approximate surface area is 177 Å². The van der Waals surface area contributed by atoms with Gasteiger partial charge in [-0.3, -0.25) is 0 Å². The Bertz CT molecular complexity index is 762. The van der Waals surface area contributed by atoms with Crippen LogP contribution in [0.15, 0.2) is 91.0 Å². The van der Waals surface area contributed by atoms with Crippen LogP contribution in [0.1, 0.15) is 23.1 Å². The van der Waals surface area contributed by atoms with Crippen molar-refractivity contribution in [2.75, 3.05) is 0 Å². The van der Waals surface area contributed by atoms with Gasteiger partial charge >= 0.3 is 0 Å². The Balaban J connectivity index is 1.64. The zero-order valence-corrected chi connectivity index (χ0v) is 17.6. The van der Waals surface area contributed by atoms with Crippen LogP contribution >= 0.6 is 23.5 Å². The van der Waals surface area contributed by atoms with Gasteiger partial charge in [0.15, 0.2) is 0 Å². The topological polar surface area (TPSA) is 17.1 Å². The summed E-state index contributed by atoms with van der Waals surface area (Å²) < 4.78 is 0. The molecule has 0 heterocycles. The number of hydrogen-bond acceptors (Lipinski definition) is 3. The molecule has 0 aliphatic heterocycles. The first kappa shape index (κ1) is 20.8. The molecule has 0 saturated carbocycles. The van der Waals surface area contributed by atoms with Crippen molar-refractivity contribution >= 4 is 29.8 Å². The summed E-state index contributed by atoms with van der Waals surface area (Å²) in [7, 11) is 0. The van der Waals surface area contributed by atoms with Crippen LogP contribution in [-0.2, 0) is 22.7 Å². The third kappa shape index (κ3) is 6.88. The molecule has 0 aromatic heterocycles. The van der Waals surface area contributed by atoms with Crippen LogP contribution in [0.3, 0.4) is 0 Å². The third-order valence-electron chi connectivity index (χ3n) is 4.65. The van der Waals surface area contributed by atoms with Crippen LogP contribution in [-0.4, -0.2) is 16.8 Å². The number of carbonyl (C=O) groups excluding carboxylic acids is 1. The first-order valence-electron chi connectivity index (χ1n) is 9.65. The molecular weight excluding hydrogens is 380 g/mol. The van der Waals surface area contributed by atoms with Gasteiger partial charge in [0, 0.05) is 16.8 Å². The van der Waals surface area contributed by atoms with E-state index in [2.05, 4.69) is 78.9 Å². The second kappa shape index (κ2) is 11.8. The van der Waals surface area contributed by atoms with Crippen molar-refractivity contribution in [3.63, 3.8) is 0 Å². The van der Waals surface area contributed by atoms with Gasteiger partial charge in [0.1, 0.15) is 6.29 Å². The molecule has 3 heteroatoms. The zero-order chi connectivity index (χ0) is 19.4. The van der Waals surface area contributed by atoms with Gasteiger partial charge in [0.05, 0.1) is 5.25 Å². The molecule has 144 valence electrons. The van der Waals surface area contributed by atoms with E-state index in [-0.39, 0.29) is 5.25 Å². The first-order chi connectivity index (χ1) is 13.8. The predicted octanol–water partition coefficient (Wildman–Crippen LogP) is 6.42. The van der Waals surface area contributed by atoms with Crippen molar-refractivity contribution < 1.29 is 4.79 Å². The van der Waals surface area contributed by atoms with E-state index in [1.165, 1.54) is 16.7 Å². The highest BCUT2D eigenvalue weighted by atomic mass is 32.2. The Morgan fingerprint density at radius 1 is 0.643 bits per heavy atom. The van der Waals surface area contributed by atoms with E-state index in [4.69, 9.17) is 0 Å². The quantitative estimate of drug-likeness (QED) is 0.342. The maximum atomic E-state index is 12.0. The minimum absolute atomic E-state index is 0.00219. The third-order valence-corrected chi connectivity index (χ3v) is 7.61. The van der Waals surface area contributed by atoms with E-state index in [1.54, 1.807) is 11.8 Å². The Kier molecular flexibility index (Phi) is 8.73. The van der Waals surface area contributed by atoms with E-state index >= 15 is 0 Å². The zero-order valence-electron chi connectivity index (χ0n) is 15.9. The minimum Gasteiger partial charge on any atom is -0.302 e. The molecule has 0 N–H and O–H groups in total. The van der Waals surface area contributed by atoms with E-state index in [9.17, 15) is 4.79 Å². The van der Waals surface area contributed by atoms with Crippen LogP contribution in [0.2, 0.25) is 0 Å². The fraction of sp³-hybridized carbons (Fsp3) is 0.240. The van der Waals surface area contributed by atoms with Gasteiger partial charge in [0.2, 0.25) is 0 Å². The number of benzene rings is 3. The van der Waals surface area contributed by atoms with Crippen molar-refractivity contribution in [3.8, 4) is 0 Å². The van der Waals surface area contributed by atoms with Crippen molar-refractivity contribution in [1.29, 1.82) is 0 Å². The molecule has 3 aromatic carbocycles. The second-order valence-electron chi connectivity index (χ2n) is 6.76. The number of hydrogen-bond donors (Lipinski definition) is 0. The maximum Gasteiger partial charge on any atom is 0.134 e. The largest absolute Gasteiger partial charge is 0.302 e. The molecule has 3 aromatic rings. The number of rotatable bonds is 11. The molecule has 3 rings (SSSR count). The van der Waals surface area contributed by atoms with Crippen molar-refractivity contribution in [2.45, 2.75) is 34.8 Å². The van der Waals surface area contributed by atoms with Crippen molar-refractivity contribution in [2.24, 2.45) is 0 Å². The summed E-state index contributed by atoms with van der Waals surface area (Å²) in [6, 6.07) is 31.5. The van der Waals surface area contributed by atoms with Crippen LogP contribution in [0, 0.1) is 0 Å². The first-order valence-corrected chi connectivity index (χ1v) is 11.7. The summed E-state index contributed by atoms with van der Waals surface area (Å²) in [5, 5.41) is 0.296. The lowest BCUT2D eigenvalue weighted by atomic mass is 10.1. The molecule has 0 radical (unpaired) electrons. The lowest BCUT2D eigenvalue weighted by molar-refractivity contribution is -0.107. The summed E-state index contributed by atoms with van der Waals surface area (Å²) in [4.78, 5) is 12.0. The maximum absolute atomic E-state index is 12.0. The summed E-state index contributed by atoms with van der Waals surface area (Å²) in [6.45, 7) is 0. The molecule has 0 saturated heterocycles. The fourth-order valence-electron chi connectivity index (χ4n) is 3.07. The summed E-state index contributed by atoms with van der Waals surface area (Å²) >= 11 is 3.67. The summed E-state index contributed by atoms with van der Waals surface area (Å²) in [6.07, 6.45) is 3.16. The standard InChI is InChI=1S/C25H26OS2/c26-18-25(28-20-23-14-8-3-9-15-23)24(17-16-21-10-4-1-5-11-21)27-19-22-12-6-2-7-13-22/h1-15,18,24-25H,16-17,19-20H2. The number of carbonyl (C=O) groups is 1. The summed E-state index contributed by atoms with van der Waals surface area (Å²) in [5.74, 6) is 1.81. The molecular formula is C25H26OS2. The Morgan fingerprint density at radius 2 is 1.11 bits per heavy atom. The van der Waals surface area contributed by atoms with E-state index in [0.717, 1.165) is 30.6 Å². The fourth-order valence-corrected chi connectivity index (χ4v) is 5.69. The van der Waals surface area contributed by atoms with Gasteiger partial charge in [0.25, 0.3) is 0 Å². The average Bonchev–Trinajstić information content (AvgIpc) is 2.77. The Morgan fingerprint density at radius 3 is 1.61 bits per heavy atom. The second-order valence-corrected chi connectivity index (χ2v) is 9.15. The van der Waals surface area contributed by atoms with Gasteiger partial charge < -0.3 is 4.79 Å². The van der Waals surface area contributed by atoms with Crippen LogP contribution < -0.4 is 0 Å². The highest BCUT2D eigenvalue weighted by molar-refractivity contribution is 8.03. The van der Waals surface area contributed by atoms with Crippen molar-refractivity contribution in [3.05, 3.63) is 108 Å². The van der Waals surface area contributed by atoms with Crippen LogP contribution in [0.4, 0.5) is 0 Å².